The lowest BCUT2D eigenvalue weighted by Crippen LogP contribution is -2.22. The number of rotatable bonds is 2. The van der Waals surface area contributed by atoms with Crippen molar-refractivity contribution in [3.8, 4) is 0 Å². The zero-order valence-electron chi connectivity index (χ0n) is 7.12. The summed E-state index contributed by atoms with van der Waals surface area (Å²) in [5, 5.41) is 0. The standard InChI is InChI=1S/C9H13N3/c1-7(10)12(2)9-6-4-3-5-8(9)11/h3-6H,1,10-11H2,2H3. The molecule has 0 saturated heterocycles. The van der Waals surface area contributed by atoms with Gasteiger partial charge in [-0.1, -0.05) is 18.7 Å². The molecule has 0 radical (unpaired) electrons. The maximum Gasteiger partial charge on any atom is 0.0955 e. The van der Waals surface area contributed by atoms with Gasteiger partial charge in [-0.2, -0.15) is 0 Å². The van der Waals surface area contributed by atoms with Gasteiger partial charge in [0.15, 0.2) is 0 Å². The van der Waals surface area contributed by atoms with E-state index >= 15 is 0 Å². The van der Waals surface area contributed by atoms with Crippen molar-refractivity contribution in [3.63, 3.8) is 0 Å². The summed E-state index contributed by atoms with van der Waals surface area (Å²) in [5.41, 5.74) is 12.8. The minimum absolute atomic E-state index is 0.480. The van der Waals surface area contributed by atoms with Crippen LogP contribution in [-0.2, 0) is 0 Å². The summed E-state index contributed by atoms with van der Waals surface area (Å²) in [6, 6.07) is 7.51. The van der Waals surface area contributed by atoms with E-state index in [1.807, 2.05) is 31.3 Å². The lowest BCUT2D eigenvalue weighted by molar-refractivity contribution is 1.07. The van der Waals surface area contributed by atoms with Crippen molar-refractivity contribution in [3.05, 3.63) is 36.7 Å². The summed E-state index contributed by atoms with van der Waals surface area (Å²) < 4.78 is 0. The average Bonchev–Trinajstić information content (AvgIpc) is 2.04. The molecule has 0 spiro atoms. The molecule has 0 aromatic heterocycles. The fourth-order valence-corrected chi connectivity index (χ4v) is 0.948. The van der Waals surface area contributed by atoms with Crippen molar-refractivity contribution in [1.82, 2.24) is 0 Å². The van der Waals surface area contributed by atoms with Crippen molar-refractivity contribution in [2.24, 2.45) is 5.73 Å². The Labute approximate surface area is 72.3 Å². The van der Waals surface area contributed by atoms with Gasteiger partial charge < -0.3 is 16.4 Å². The third-order valence-electron chi connectivity index (χ3n) is 1.73. The van der Waals surface area contributed by atoms with E-state index in [9.17, 15) is 0 Å². The zero-order chi connectivity index (χ0) is 9.14. The van der Waals surface area contributed by atoms with Crippen LogP contribution < -0.4 is 16.4 Å². The Balaban J connectivity index is 3.02. The molecule has 0 aliphatic rings. The van der Waals surface area contributed by atoms with Crippen LogP contribution in [0.4, 0.5) is 11.4 Å². The molecule has 12 heavy (non-hydrogen) atoms. The van der Waals surface area contributed by atoms with Crippen LogP contribution in [-0.4, -0.2) is 7.05 Å². The Hall–Kier alpha value is -1.64. The zero-order valence-corrected chi connectivity index (χ0v) is 7.12. The van der Waals surface area contributed by atoms with Crippen molar-refractivity contribution in [2.45, 2.75) is 0 Å². The van der Waals surface area contributed by atoms with Crippen LogP contribution in [0.2, 0.25) is 0 Å². The molecule has 64 valence electrons. The quantitative estimate of drug-likeness (QED) is 0.643. The van der Waals surface area contributed by atoms with Crippen LogP contribution in [0.3, 0.4) is 0 Å². The SMILES string of the molecule is C=C(N)N(C)c1ccccc1N. The molecule has 3 heteroatoms. The predicted molar refractivity (Wildman–Crippen MR) is 52.6 cm³/mol. The third kappa shape index (κ3) is 1.50. The van der Waals surface area contributed by atoms with Gasteiger partial charge in [0.2, 0.25) is 0 Å². The Kier molecular flexibility index (Phi) is 2.24. The molecule has 0 heterocycles. The fraction of sp³-hybridized carbons (Fsp3) is 0.111. The molecule has 1 aromatic carbocycles. The highest BCUT2D eigenvalue weighted by Gasteiger charge is 2.03. The van der Waals surface area contributed by atoms with E-state index in [-0.39, 0.29) is 0 Å². The van der Waals surface area contributed by atoms with Crippen molar-refractivity contribution in [1.29, 1.82) is 0 Å². The number of nitrogens with two attached hydrogens (primary N) is 2. The Morgan fingerprint density at radius 2 is 2.00 bits per heavy atom. The summed E-state index contributed by atoms with van der Waals surface area (Å²) in [4.78, 5) is 1.75. The lowest BCUT2D eigenvalue weighted by Gasteiger charge is -2.19. The number of nitrogen functional groups attached to an aromatic ring is 1. The summed E-state index contributed by atoms with van der Waals surface area (Å²) in [6.07, 6.45) is 0. The van der Waals surface area contributed by atoms with Gasteiger partial charge in [-0.15, -0.1) is 0 Å². The van der Waals surface area contributed by atoms with Crippen LogP contribution in [0, 0.1) is 0 Å². The van der Waals surface area contributed by atoms with Gasteiger partial charge in [0.05, 0.1) is 17.2 Å². The highest BCUT2D eigenvalue weighted by atomic mass is 15.2. The van der Waals surface area contributed by atoms with E-state index in [0.29, 0.717) is 11.5 Å². The predicted octanol–water partition coefficient (Wildman–Crippen LogP) is 1.13. The van der Waals surface area contributed by atoms with Crippen molar-refractivity contribution < 1.29 is 0 Å². The second-order valence-corrected chi connectivity index (χ2v) is 2.61. The molecule has 0 amide bonds. The first-order chi connectivity index (χ1) is 5.63. The van der Waals surface area contributed by atoms with Gasteiger partial charge in [0.25, 0.3) is 0 Å². The summed E-state index contributed by atoms with van der Waals surface area (Å²) >= 11 is 0. The smallest absolute Gasteiger partial charge is 0.0955 e. The average molecular weight is 163 g/mol. The molecule has 0 unspecified atom stereocenters. The fourth-order valence-electron chi connectivity index (χ4n) is 0.948. The molecule has 0 atom stereocenters. The number of hydrogen-bond donors (Lipinski definition) is 2. The highest BCUT2D eigenvalue weighted by molar-refractivity contribution is 5.68. The van der Waals surface area contributed by atoms with Gasteiger partial charge in [-0.05, 0) is 12.1 Å². The summed E-state index contributed by atoms with van der Waals surface area (Å²) in [7, 11) is 1.83. The number of anilines is 2. The molecule has 4 N–H and O–H groups in total. The van der Waals surface area contributed by atoms with Crippen molar-refractivity contribution >= 4 is 11.4 Å². The Bertz CT molecular complexity index is 294. The second-order valence-electron chi connectivity index (χ2n) is 2.61. The summed E-state index contributed by atoms with van der Waals surface area (Å²) in [5.74, 6) is 0.480. The molecular formula is C9H13N3. The number of benzene rings is 1. The van der Waals surface area contributed by atoms with E-state index in [1.54, 1.807) is 4.90 Å². The molecule has 1 aromatic rings. The number of hydrogen-bond acceptors (Lipinski definition) is 3. The van der Waals surface area contributed by atoms with E-state index < -0.39 is 0 Å². The maximum absolute atomic E-state index is 5.72. The molecule has 0 bridgehead atoms. The Morgan fingerprint density at radius 1 is 1.42 bits per heavy atom. The van der Waals surface area contributed by atoms with Crippen LogP contribution >= 0.6 is 0 Å². The minimum Gasteiger partial charge on any atom is -0.397 e. The molecule has 0 aliphatic carbocycles. The first-order valence-electron chi connectivity index (χ1n) is 3.65. The van der Waals surface area contributed by atoms with E-state index in [1.165, 1.54) is 0 Å². The van der Waals surface area contributed by atoms with E-state index in [4.69, 9.17) is 11.5 Å². The van der Waals surface area contributed by atoms with Gasteiger partial charge in [0, 0.05) is 7.05 Å². The van der Waals surface area contributed by atoms with Gasteiger partial charge in [-0.25, -0.2) is 0 Å². The van der Waals surface area contributed by atoms with E-state index in [0.717, 1.165) is 5.69 Å². The van der Waals surface area contributed by atoms with Gasteiger partial charge >= 0.3 is 0 Å². The van der Waals surface area contributed by atoms with Crippen LogP contribution in [0.25, 0.3) is 0 Å². The third-order valence-corrected chi connectivity index (χ3v) is 1.73. The normalized spacial score (nSPS) is 9.42. The highest BCUT2D eigenvalue weighted by Crippen LogP contribution is 2.21. The second kappa shape index (κ2) is 3.17. The maximum atomic E-state index is 5.72. The lowest BCUT2D eigenvalue weighted by atomic mass is 10.2. The topological polar surface area (TPSA) is 55.3 Å². The number of nitrogens with zero attached hydrogens (tertiary/aromatic N) is 1. The molecule has 3 nitrogen and oxygen atoms in total. The van der Waals surface area contributed by atoms with Gasteiger partial charge in [0.1, 0.15) is 0 Å². The number of para-hydroxylation sites is 2. The molecular weight excluding hydrogens is 150 g/mol. The molecule has 0 aliphatic heterocycles. The van der Waals surface area contributed by atoms with Crippen LogP contribution in [0.5, 0.6) is 0 Å². The van der Waals surface area contributed by atoms with Crippen molar-refractivity contribution in [2.75, 3.05) is 17.7 Å². The monoisotopic (exact) mass is 163 g/mol. The van der Waals surface area contributed by atoms with Gasteiger partial charge in [-0.3, -0.25) is 0 Å². The van der Waals surface area contributed by atoms with Crippen LogP contribution in [0.15, 0.2) is 36.7 Å². The van der Waals surface area contributed by atoms with Crippen LogP contribution in [0.1, 0.15) is 0 Å². The first kappa shape index (κ1) is 8.46. The summed E-state index contributed by atoms with van der Waals surface area (Å²) in [6.45, 7) is 3.62. The largest absolute Gasteiger partial charge is 0.397 e. The molecule has 1 rings (SSSR count). The Morgan fingerprint density at radius 3 is 2.50 bits per heavy atom. The van der Waals surface area contributed by atoms with E-state index in [2.05, 4.69) is 6.58 Å². The molecule has 0 fully saturated rings. The minimum atomic E-state index is 0.480. The first-order valence-corrected chi connectivity index (χ1v) is 3.65. The molecule has 0 saturated carbocycles.